The van der Waals surface area contributed by atoms with E-state index in [1.54, 1.807) is 6.92 Å². The lowest BCUT2D eigenvalue weighted by molar-refractivity contribution is -0.155. The molecule has 1 aliphatic carbocycles. The smallest absolute Gasteiger partial charge is 0.396 e. The summed E-state index contributed by atoms with van der Waals surface area (Å²) < 4.78 is 4.64. The van der Waals surface area contributed by atoms with Crippen LogP contribution in [0.2, 0.25) is 0 Å². The summed E-state index contributed by atoms with van der Waals surface area (Å²) in [5.74, 6) is -0.572. The molecule has 0 saturated heterocycles. The number of nitrogens with one attached hydrogen (secondary N) is 1. The standard InChI is InChI=1S/C12H21NO3/c1-3-9-5-7-10(8-6-9)13-11(14)12(15)16-4-2/h9-10H,3-8H2,1-2H3,(H,13,14). The largest absolute Gasteiger partial charge is 0.459 e. The zero-order valence-electron chi connectivity index (χ0n) is 10.1. The van der Waals surface area contributed by atoms with E-state index in [0.717, 1.165) is 31.6 Å². The highest BCUT2D eigenvalue weighted by atomic mass is 16.5. The minimum absolute atomic E-state index is 0.153. The number of hydrogen-bond acceptors (Lipinski definition) is 3. The summed E-state index contributed by atoms with van der Waals surface area (Å²) in [5, 5.41) is 2.73. The molecule has 0 radical (unpaired) electrons. The van der Waals surface area contributed by atoms with E-state index in [1.165, 1.54) is 6.42 Å². The molecule has 1 fully saturated rings. The predicted octanol–water partition coefficient (Wildman–Crippen LogP) is 1.63. The Balaban J connectivity index is 2.28. The molecule has 1 saturated carbocycles. The fraction of sp³-hybridized carbons (Fsp3) is 0.833. The molecule has 0 aromatic heterocycles. The topological polar surface area (TPSA) is 55.4 Å². The van der Waals surface area contributed by atoms with E-state index < -0.39 is 11.9 Å². The van der Waals surface area contributed by atoms with Crippen LogP contribution in [0.25, 0.3) is 0 Å². The van der Waals surface area contributed by atoms with E-state index in [2.05, 4.69) is 17.0 Å². The summed E-state index contributed by atoms with van der Waals surface area (Å²) in [6, 6.07) is 0.153. The normalized spacial score (nSPS) is 24.9. The number of carbonyl (C=O) groups excluding carboxylic acids is 2. The van der Waals surface area contributed by atoms with Gasteiger partial charge in [-0.25, -0.2) is 4.79 Å². The quantitative estimate of drug-likeness (QED) is 0.589. The SMILES string of the molecule is CCOC(=O)C(=O)NC1CCC(CC)CC1. The molecular formula is C12H21NO3. The maximum absolute atomic E-state index is 11.4. The van der Waals surface area contributed by atoms with Gasteiger partial charge in [0.15, 0.2) is 0 Å². The van der Waals surface area contributed by atoms with Gasteiger partial charge in [0.05, 0.1) is 6.61 Å². The molecule has 0 bridgehead atoms. The first-order valence-corrected chi connectivity index (χ1v) is 6.15. The summed E-state index contributed by atoms with van der Waals surface area (Å²) in [6.07, 6.45) is 5.44. The monoisotopic (exact) mass is 227 g/mol. The van der Waals surface area contributed by atoms with E-state index in [-0.39, 0.29) is 12.6 Å². The molecule has 0 heterocycles. The van der Waals surface area contributed by atoms with E-state index in [1.807, 2.05) is 0 Å². The second-order valence-electron chi connectivity index (χ2n) is 4.32. The zero-order valence-corrected chi connectivity index (χ0v) is 10.1. The van der Waals surface area contributed by atoms with Crippen LogP contribution in [0, 0.1) is 5.92 Å². The van der Waals surface area contributed by atoms with Gasteiger partial charge in [-0.05, 0) is 38.5 Å². The Hall–Kier alpha value is -1.06. The molecule has 4 heteroatoms. The Morgan fingerprint density at radius 1 is 1.19 bits per heavy atom. The molecule has 1 rings (SSSR count). The molecule has 0 aliphatic heterocycles. The van der Waals surface area contributed by atoms with Crippen molar-refractivity contribution in [1.82, 2.24) is 5.32 Å². The summed E-state index contributed by atoms with van der Waals surface area (Å²) >= 11 is 0. The van der Waals surface area contributed by atoms with E-state index >= 15 is 0 Å². The van der Waals surface area contributed by atoms with Crippen LogP contribution in [-0.2, 0) is 14.3 Å². The van der Waals surface area contributed by atoms with Crippen LogP contribution in [0.5, 0.6) is 0 Å². The Kier molecular flexibility index (Phi) is 5.29. The lowest BCUT2D eigenvalue weighted by Gasteiger charge is -2.27. The van der Waals surface area contributed by atoms with Crippen LogP contribution >= 0.6 is 0 Å². The maximum Gasteiger partial charge on any atom is 0.396 e. The summed E-state index contributed by atoms with van der Waals surface area (Å²) in [5.41, 5.74) is 0. The number of rotatable bonds is 3. The second-order valence-corrected chi connectivity index (χ2v) is 4.32. The summed E-state index contributed by atoms with van der Waals surface area (Å²) in [4.78, 5) is 22.5. The van der Waals surface area contributed by atoms with Crippen LogP contribution < -0.4 is 5.32 Å². The van der Waals surface area contributed by atoms with Gasteiger partial charge in [-0.2, -0.15) is 0 Å². The zero-order chi connectivity index (χ0) is 12.0. The fourth-order valence-corrected chi connectivity index (χ4v) is 2.16. The van der Waals surface area contributed by atoms with E-state index in [9.17, 15) is 9.59 Å². The molecule has 0 aromatic carbocycles. The third-order valence-corrected chi connectivity index (χ3v) is 3.22. The van der Waals surface area contributed by atoms with Gasteiger partial charge >= 0.3 is 11.9 Å². The molecule has 0 unspecified atom stereocenters. The molecule has 0 aromatic rings. The molecule has 92 valence electrons. The van der Waals surface area contributed by atoms with Crippen LogP contribution in [0.3, 0.4) is 0 Å². The maximum atomic E-state index is 11.4. The Morgan fingerprint density at radius 3 is 2.31 bits per heavy atom. The number of carbonyl (C=O) groups is 2. The van der Waals surface area contributed by atoms with Gasteiger partial charge in [-0.15, -0.1) is 0 Å². The molecular weight excluding hydrogens is 206 g/mol. The minimum atomic E-state index is -0.764. The van der Waals surface area contributed by atoms with Crippen molar-refractivity contribution in [2.45, 2.75) is 52.0 Å². The van der Waals surface area contributed by atoms with Gasteiger partial charge in [0, 0.05) is 6.04 Å². The van der Waals surface area contributed by atoms with Crippen LogP contribution in [-0.4, -0.2) is 24.5 Å². The number of ether oxygens (including phenoxy) is 1. The van der Waals surface area contributed by atoms with Crippen molar-refractivity contribution in [3.8, 4) is 0 Å². The predicted molar refractivity (Wildman–Crippen MR) is 60.8 cm³/mol. The Morgan fingerprint density at radius 2 is 1.81 bits per heavy atom. The molecule has 0 spiro atoms. The van der Waals surface area contributed by atoms with Crippen molar-refractivity contribution >= 4 is 11.9 Å². The molecule has 16 heavy (non-hydrogen) atoms. The average Bonchev–Trinajstić information content (AvgIpc) is 2.30. The fourth-order valence-electron chi connectivity index (χ4n) is 2.16. The first-order valence-electron chi connectivity index (χ1n) is 6.15. The molecule has 4 nitrogen and oxygen atoms in total. The Bertz CT molecular complexity index is 245. The average molecular weight is 227 g/mol. The van der Waals surface area contributed by atoms with Gasteiger partial charge in [-0.3, -0.25) is 4.79 Å². The van der Waals surface area contributed by atoms with Gasteiger partial charge in [0.25, 0.3) is 0 Å². The van der Waals surface area contributed by atoms with Gasteiger partial charge in [0.2, 0.25) is 0 Å². The third-order valence-electron chi connectivity index (χ3n) is 3.22. The molecule has 1 aliphatic rings. The van der Waals surface area contributed by atoms with Crippen molar-refractivity contribution in [3.63, 3.8) is 0 Å². The van der Waals surface area contributed by atoms with Gasteiger partial charge < -0.3 is 10.1 Å². The van der Waals surface area contributed by atoms with E-state index in [0.29, 0.717) is 0 Å². The lowest BCUT2D eigenvalue weighted by atomic mass is 9.84. The van der Waals surface area contributed by atoms with Crippen molar-refractivity contribution in [2.24, 2.45) is 5.92 Å². The summed E-state index contributed by atoms with van der Waals surface area (Å²) in [7, 11) is 0. The lowest BCUT2D eigenvalue weighted by Crippen LogP contribution is -2.41. The van der Waals surface area contributed by atoms with Crippen LogP contribution in [0.15, 0.2) is 0 Å². The third kappa shape index (κ3) is 3.83. The van der Waals surface area contributed by atoms with Crippen molar-refractivity contribution in [1.29, 1.82) is 0 Å². The molecule has 1 N–H and O–H groups in total. The van der Waals surface area contributed by atoms with Crippen molar-refractivity contribution < 1.29 is 14.3 Å². The minimum Gasteiger partial charge on any atom is -0.459 e. The highest BCUT2D eigenvalue weighted by Gasteiger charge is 2.24. The van der Waals surface area contributed by atoms with Crippen LogP contribution in [0.1, 0.15) is 46.0 Å². The van der Waals surface area contributed by atoms with Gasteiger partial charge in [0.1, 0.15) is 0 Å². The van der Waals surface area contributed by atoms with Crippen molar-refractivity contribution in [3.05, 3.63) is 0 Å². The highest BCUT2D eigenvalue weighted by Crippen LogP contribution is 2.26. The molecule has 0 atom stereocenters. The van der Waals surface area contributed by atoms with Crippen LogP contribution in [0.4, 0.5) is 0 Å². The first kappa shape index (κ1) is 13.0. The van der Waals surface area contributed by atoms with Crippen molar-refractivity contribution in [2.75, 3.05) is 6.61 Å². The first-order chi connectivity index (χ1) is 7.67. The number of amides is 1. The van der Waals surface area contributed by atoms with E-state index in [4.69, 9.17) is 0 Å². The number of hydrogen-bond donors (Lipinski definition) is 1. The Labute approximate surface area is 96.7 Å². The van der Waals surface area contributed by atoms with Gasteiger partial charge in [-0.1, -0.05) is 13.3 Å². The number of esters is 1. The molecule has 1 amide bonds. The summed E-state index contributed by atoms with van der Waals surface area (Å²) in [6.45, 7) is 4.13. The second kappa shape index (κ2) is 6.51. The highest BCUT2D eigenvalue weighted by molar-refractivity contribution is 6.32.